The molecule has 7 heteroatoms. The van der Waals surface area contributed by atoms with Crippen molar-refractivity contribution in [3.8, 4) is 0 Å². The number of amides is 1. The summed E-state index contributed by atoms with van der Waals surface area (Å²) in [5, 5.41) is 13.9. The first-order valence-electron chi connectivity index (χ1n) is 6.69. The average Bonchev–Trinajstić information content (AvgIpc) is 2.91. The fraction of sp³-hybridized carbons (Fsp3) is 0.500. The first-order chi connectivity index (χ1) is 9.77. The molecule has 114 valence electrons. The topological polar surface area (TPSA) is 75.4 Å². The Kier molecular flexibility index (Phi) is 4.09. The minimum absolute atomic E-state index is 0.322. The van der Waals surface area contributed by atoms with Crippen LogP contribution in [-0.2, 0) is 16.6 Å². The fourth-order valence-corrected chi connectivity index (χ4v) is 2.86. The van der Waals surface area contributed by atoms with Crippen LogP contribution < -0.4 is 0 Å². The predicted octanol–water partition coefficient (Wildman–Crippen LogP) is 1.86. The highest BCUT2D eigenvalue weighted by atomic mass is 35.5. The minimum Gasteiger partial charge on any atom is -0.480 e. The van der Waals surface area contributed by atoms with E-state index in [2.05, 4.69) is 5.10 Å². The van der Waals surface area contributed by atoms with E-state index in [4.69, 9.17) is 11.6 Å². The fourth-order valence-electron chi connectivity index (χ4n) is 2.62. The molecule has 0 bridgehead atoms. The largest absolute Gasteiger partial charge is 0.480 e. The molecule has 2 rings (SSSR count). The highest BCUT2D eigenvalue weighted by molar-refractivity contribution is 6.31. The molecule has 1 aromatic rings. The van der Waals surface area contributed by atoms with Gasteiger partial charge in [0.2, 0.25) is 5.91 Å². The molecule has 1 aromatic heterocycles. The second-order valence-corrected chi connectivity index (χ2v) is 5.78. The number of rotatable bonds is 3. The summed E-state index contributed by atoms with van der Waals surface area (Å²) >= 11 is 6.09. The first kappa shape index (κ1) is 15.6. The number of likely N-dealkylation sites (tertiary alicyclic amines) is 1. The maximum absolute atomic E-state index is 12.3. The van der Waals surface area contributed by atoms with E-state index in [9.17, 15) is 14.7 Å². The average molecular weight is 312 g/mol. The number of carboxylic acid groups (broad SMARTS) is 1. The molecule has 2 heterocycles. The molecule has 1 aliphatic heterocycles. The van der Waals surface area contributed by atoms with Crippen LogP contribution in [0.3, 0.4) is 0 Å². The van der Waals surface area contributed by atoms with Crippen molar-refractivity contribution >= 4 is 29.6 Å². The Morgan fingerprint density at radius 3 is 2.67 bits per heavy atom. The molecule has 6 nitrogen and oxygen atoms in total. The monoisotopic (exact) mass is 311 g/mol. The molecule has 21 heavy (non-hydrogen) atoms. The molecule has 0 radical (unpaired) electrons. The van der Waals surface area contributed by atoms with Crippen molar-refractivity contribution < 1.29 is 14.7 Å². The Bertz CT molecular complexity index is 623. The molecule has 1 saturated heterocycles. The molecule has 1 atom stereocenters. The van der Waals surface area contributed by atoms with Crippen LogP contribution in [0.5, 0.6) is 0 Å². The highest BCUT2D eigenvalue weighted by Gasteiger charge is 2.45. The number of nitrogens with zero attached hydrogens (tertiary/aromatic N) is 3. The third kappa shape index (κ3) is 2.68. The van der Waals surface area contributed by atoms with Gasteiger partial charge in [-0.3, -0.25) is 9.48 Å². The predicted molar refractivity (Wildman–Crippen MR) is 79.0 cm³/mol. The van der Waals surface area contributed by atoms with E-state index in [-0.39, 0.29) is 5.91 Å². The van der Waals surface area contributed by atoms with Crippen LogP contribution in [0.4, 0.5) is 0 Å². The lowest BCUT2D eigenvalue weighted by atomic mass is 9.99. The smallest absolute Gasteiger partial charge is 0.329 e. The zero-order valence-electron chi connectivity index (χ0n) is 12.3. The standard InChI is InChI=1S/C14H18ClN3O3/c1-9-10(12(15)17(3)16-9)5-6-11(19)18-8-4-7-14(18,2)13(20)21/h5-6H,4,7-8H2,1-3H3,(H,20,21). The summed E-state index contributed by atoms with van der Waals surface area (Å²) in [6.45, 7) is 3.83. The summed E-state index contributed by atoms with van der Waals surface area (Å²) in [4.78, 5) is 25.0. The van der Waals surface area contributed by atoms with Gasteiger partial charge in [-0.1, -0.05) is 11.6 Å². The van der Waals surface area contributed by atoms with Crippen molar-refractivity contribution in [2.75, 3.05) is 6.54 Å². The summed E-state index contributed by atoms with van der Waals surface area (Å²) in [6.07, 6.45) is 4.11. The van der Waals surface area contributed by atoms with Crippen molar-refractivity contribution in [2.45, 2.75) is 32.2 Å². The number of carbonyl (C=O) groups excluding carboxylic acids is 1. The maximum atomic E-state index is 12.3. The lowest BCUT2D eigenvalue weighted by molar-refractivity contribution is -0.153. The van der Waals surface area contributed by atoms with Gasteiger partial charge in [0, 0.05) is 25.2 Å². The van der Waals surface area contributed by atoms with Gasteiger partial charge in [0.1, 0.15) is 10.7 Å². The van der Waals surface area contributed by atoms with Crippen molar-refractivity contribution in [3.05, 3.63) is 22.5 Å². The summed E-state index contributed by atoms with van der Waals surface area (Å²) in [6, 6.07) is 0. The Labute approximate surface area is 128 Å². The molecule has 0 saturated carbocycles. The highest BCUT2D eigenvalue weighted by Crippen LogP contribution is 2.30. The third-order valence-electron chi connectivity index (χ3n) is 3.96. The molecule has 1 N–H and O–H groups in total. The van der Waals surface area contributed by atoms with E-state index in [1.165, 1.54) is 15.7 Å². The molecule has 0 aromatic carbocycles. The first-order valence-corrected chi connectivity index (χ1v) is 7.07. The van der Waals surface area contributed by atoms with Gasteiger partial charge in [0.25, 0.3) is 0 Å². The molecule has 0 aliphatic carbocycles. The molecule has 1 fully saturated rings. The minimum atomic E-state index is -1.13. The van der Waals surface area contributed by atoms with Crippen molar-refractivity contribution in [1.82, 2.24) is 14.7 Å². The van der Waals surface area contributed by atoms with E-state index < -0.39 is 11.5 Å². The molecular weight excluding hydrogens is 294 g/mol. The lowest BCUT2D eigenvalue weighted by Gasteiger charge is -2.30. The van der Waals surface area contributed by atoms with Crippen LogP contribution in [0.2, 0.25) is 5.15 Å². The number of aryl methyl sites for hydroxylation is 2. The van der Waals surface area contributed by atoms with Gasteiger partial charge in [0.15, 0.2) is 0 Å². The zero-order valence-corrected chi connectivity index (χ0v) is 13.0. The van der Waals surface area contributed by atoms with E-state index in [0.29, 0.717) is 35.8 Å². The summed E-state index contributed by atoms with van der Waals surface area (Å²) < 4.78 is 1.53. The Balaban J connectivity index is 2.22. The van der Waals surface area contributed by atoms with Crippen LogP contribution in [0.25, 0.3) is 6.08 Å². The molecule has 0 spiro atoms. The van der Waals surface area contributed by atoms with Crippen molar-refractivity contribution in [1.29, 1.82) is 0 Å². The number of aromatic nitrogens is 2. The molecular formula is C14H18ClN3O3. The third-order valence-corrected chi connectivity index (χ3v) is 4.40. The van der Waals surface area contributed by atoms with E-state index in [1.807, 2.05) is 0 Å². The summed E-state index contributed by atoms with van der Waals surface area (Å²) in [7, 11) is 1.72. The van der Waals surface area contributed by atoms with E-state index in [1.54, 1.807) is 27.0 Å². The van der Waals surface area contributed by atoms with Gasteiger partial charge in [-0.05, 0) is 32.8 Å². The Morgan fingerprint density at radius 1 is 1.48 bits per heavy atom. The van der Waals surface area contributed by atoms with Crippen LogP contribution in [0.15, 0.2) is 6.08 Å². The van der Waals surface area contributed by atoms with Crippen molar-refractivity contribution in [3.63, 3.8) is 0 Å². The Hall–Kier alpha value is -1.82. The summed E-state index contributed by atoms with van der Waals surface area (Å²) in [5.74, 6) is -1.30. The lowest BCUT2D eigenvalue weighted by Crippen LogP contribution is -2.50. The van der Waals surface area contributed by atoms with Crippen LogP contribution in [0.1, 0.15) is 31.0 Å². The number of carboxylic acids is 1. The van der Waals surface area contributed by atoms with E-state index >= 15 is 0 Å². The number of hydrogen-bond acceptors (Lipinski definition) is 3. The van der Waals surface area contributed by atoms with Crippen LogP contribution >= 0.6 is 11.6 Å². The quantitative estimate of drug-likeness (QED) is 0.865. The number of halogens is 1. The number of carbonyl (C=O) groups is 2. The van der Waals surface area contributed by atoms with Gasteiger partial charge < -0.3 is 10.0 Å². The van der Waals surface area contributed by atoms with Gasteiger partial charge in [-0.25, -0.2) is 4.79 Å². The number of hydrogen-bond donors (Lipinski definition) is 1. The van der Waals surface area contributed by atoms with Gasteiger partial charge in [-0.2, -0.15) is 5.10 Å². The van der Waals surface area contributed by atoms with Gasteiger partial charge in [0.05, 0.1) is 5.69 Å². The second-order valence-electron chi connectivity index (χ2n) is 5.42. The summed E-state index contributed by atoms with van der Waals surface area (Å²) in [5.41, 5.74) is 0.257. The second kappa shape index (κ2) is 5.52. The maximum Gasteiger partial charge on any atom is 0.329 e. The van der Waals surface area contributed by atoms with Crippen LogP contribution in [0, 0.1) is 6.92 Å². The molecule has 1 aliphatic rings. The van der Waals surface area contributed by atoms with Gasteiger partial charge in [-0.15, -0.1) is 0 Å². The van der Waals surface area contributed by atoms with Crippen molar-refractivity contribution in [2.24, 2.45) is 7.05 Å². The molecule has 1 unspecified atom stereocenters. The van der Waals surface area contributed by atoms with E-state index in [0.717, 1.165) is 0 Å². The number of aliphatic carboxylic acids is 1. The molecule has 1 amide bonds. The Morgan fingerprint density at radius 2 is 2.14 bits per heavy atom. The van der Waals surface area contributed by atoms with Crippen LogP contribution in [-0.4, -0.2) is 43.7 Å². The zero-order chi connectivity index (χ0) is 15.8. The van der Waals surface area contributed by atoms with Gasteiger partial charge >= 0.3 is 5.97 Å². The normalized spacial score (nSPS) is 22.2. The SMILES string of the molecule is Cc1nn(C)c(Cl)c1C=CC(=O)N1CCCC1(C)C(=O)O.